The zero-order chi connectivity index (χ0) is 14.7. The molecule has 1 amide bonds. The minimum atomic E-state index is -1.08. The second-order valence-electron chi connectivity index (χ2n) is 4.60. The Hall–Kier alpha value is -2.34. The number of hydrogen-bond acceptors (Lipinski definition) is 4. The number of anilines is 1. The van der Waals surface area contributed by atoms with E-state index in [2.05, 4.69) is 5.32 Å². The van der Waals surface area contributed by atoms with Crippen LogP contribution in [0.1, 0.15) is 16.8 Å². The van der Waals surface area contributed by atoms with Crippen molar-refractivity contribution in [3.8, 4) is 5.75 Å². The number of nitrogens with two attached hydrogens (primary N) is 1. The van der Waals surface area contributed by atoms with E-state index >= 15 is 0 Å². The molecule has 0 saturated heterocycles. The van der Waals surface area contributed by atoms with Gasteiger partial charge < -0.3 is 20.9 Å². The van der Waals surface area contributed by atoms with E-state index in [1.807, 2.05) is 0 Å². The summed E-state index contributed by atoms with van der Waals surface area (Å²) in [6.07, 6.45) is 4.16. The van der Waals surface area contributed by atoms with Gasteiger partial charge in [0.25, 0.3) is 0 Å². The number of carboxylic acid groups (broad SMARTS) is 1. The first-order valence-electron chi connectivity index (χ1n) is 6.17. The number of hydrogen-bond donors (Lipinski definition) is 3. The zero-order valence-electron chi connectivity index (χ0n) is 11.0. The number of carbonyl (C=O) groups excluding carboxylic acids is 1. The Labute approximate surface area is 116 Å². The molecule has 0 radical (unpaired) electrons. The van der Waals surface area contributed by atoms with E-state index in [-0.39, 0.29) is 29.2 Å². The standard InChI is InChI=1S/C14H16N2O4/c1-20-12-7-10(4-5-11(12)14(18)19)16-13(17)8-2-3-9(15)6-8/h2-5,7-9H,6,15H2,1H3,(H,16,17)(H,18,19). The van der Waals surface area contributed by atoms with E-state index in [4.69, 9.17) is 15.6 Å². The number of ether oxygens (including phenoxy) is 1. The fraction of sp³-hybridized carbons (Fsp3) is 0.286. The molecule has 0 fully saturated rings. The third-order valence-corrected chi connectivity index (χ3v) is 3.15. The van der Waals surface area contributed by atoms with Gasteiger partial charge >= 0.3 is 5.97 Å². The van der Waals surface area contributed by atoms with E-state index < -0.39 is 5.97 Å². The van der Waals surface area contributed by atoms with Gasteiger partial charge in [-0.1, -0.05) is 12.2 Å². The summed E-state index contributed by atoms with van der Waals surface area (Å²) in [5.41, 5.74) is 6.24. The van der Waals surface area contributed by atoms with E-state index in [9.17, 15) is 9.59 Å². The van der Waals surface area contributed by atoms with Crippen molar-refractivity contribution in [2.75, 3.05) is 12.4 Å². The molecule has 6 nitrogen and oxygen atoms in total. The van der Waals surface area contributed by atoms with Crippen molar-refractivity contribution in [3.63, 3.8) is 0 Å². The van der Waals surface area contributed by atoms with Crippen LogP contribution < -0.4 is 15.8 Å². The second kappa shape index (κ2) is 5.75. The molecule has 0 heterocycles. The van der Waals surface area contributed by atoms with Gasteiger partial charge in [-0.15, -0.1) is 0 Å². The smallest absolute Gasteiger partial charge is 0.339 e. The largest absolute Gasteiger partial charge is 0.496 e. The highest BCUT2D eigenvalue weighted by Crippen LogP contribution is 2.25. The Morgan fingerprint density at radius 3 is 2.70 bits per heavy atom. The number of carbonyl (C=O) groups is 2. The van der Waals surface area contributed by atoms with Crippen molar-refractivity contribution in [1.82, 2.24) is 0 Å². The van der Waals surface area contributed by atoms with Crippen molar-refractivity contribution < 1.29 is 19.4 Å². The molecule has 2 unspecified atom stereocenters. The normalized spacial score (nSPS) is 20.7. The van der Waals surface area contributed by atoms with Gasteiger partial charge in [-0.3, -0.25) is 4.79 Å². The van der Waals surface area contributed by atoms with Gasteiger partial charge in [-0.25, -0.2) is 4.79 Å². The quantitative estimate of drug-likeness (QED) is 0.718. The number of methoxy groups -OCH3 is 1. The Morgan fingerprint density at radius 1 is 1.40 bits per heavy atom. The molecule has 1 aromatic carbocycles. The topological polar surface area (TPSA) is 102 Å². The summed E-state index contributed by atoms with van der Waals surface area (Å²) in [5, 5.41) is 11.7. The maximum Gasteiger partial charge on any atom is 0.339 e. The van der Waals surface area contributed by atoms with Crippen LogP contribution in [0, 0.1) is 5.92 Å². The third kappa shape index (κ3) is 2.97. The van der Waals surface area contributed by atoms with Crippen LogP contribution in [0.5, 0.6) is 5.75 Å². The molecule has 4 N–H and O–H groups in total. The molecular formula is C14H16N2O4. The summed E-state index contributed by atoms with van der Waals surface area (Å²) in [5.74, 6) is -1.30. The van der Waals surface area contributed by atoms with Crippen LogP contribution >= 0.6 is 0 Å². The van der Waals surface area contributed by atoms with Crippen LogP contribution in [-0.4, -0.2) is 30.1 Å². The van der Waals surface area contributed by atoms with Crippen LogP contribution in [0.25, 0.3) is 0 Å². The minimum absolute atomic E-state index is 0.0493. The minimum Gasteiger partial charge on any atom is -0.496 e. The molecule has 0 saturated carbocycles. The lowest BCUT2D eigenvalue weighted by atomic mass is 10.1. The summed E-state index contributed by atoms with van der Waals surface area (Å²) < 4.78 is 5.01. The molecule has 1 aliphatic carbocycles. The van der Waals surface area contributed by atoms with E-state index in [1.54, 1.807) is 12.2 Å². The molecule has 0 bridgehead atoms. The van der Waals surface area contributed by atoms with Crippen molar-refractivity contribution in [2.24, 2.45) is 11.7 Å². The van der Waals surface area contributed by atoms with Gasteiger partial charge in [0.15, 0.2) is 0 Å². The highest BCUT2D eigenvalue weighted by molar-refractivity contribution is 5.96. The number of amides is 1. The number of rotatable bonds is 4. The predicted molar refractivity (Wildman–Crippen MR) is 73.8 cm³/mol. The van der Waals surface area contributed by atoms with E-state index in [0.29, 0.717) is 12.1 Å². The molecule has 2 rings (SSSR count). The number of aromatic carboxylic acids is 1. The lowest BCUT2D eigenvalue weighted by Crippen LogP contribution is -2.24. The molecule has 0 aromatic heterocycles. The molecule has 2 atom stereocenters. The summed E-state index contributed by atoms with van der Waals surface area (Å²) in [6.45, 7) is 0. The number of nitrogens with one attached hydrogen (secondary N) is 1. The van der Waals surface area contributed by atoms with Crippen LogP contribution in [-0.2, 0) is 4.79 Å². The Balaban J connectivity index is 2.12. The highest BCUT2D eigenvalue weighted by atomic mass is 16.5. The fourth-order valence-electron chi connectivity index (χ4n) is 2.10. The van der Waals surface area contributed by atoms with E-state index in [0.717, 1.165) is 0 Å². The molecule has 0 spiro atoms. The van der Waals surface area contributed by atoms with Crippen LogP contribution in [0.2, 0.25) is 0 Å². The lowest BCUT2D eigenvalue weighted by Gasteiger charge is -2.12. The summed E-state index contributed by atoms with van der Waals surface area (Å²) in [6, 6.07) is 4.32. The lowest BCUT2D eigenvalue weighted by molar-refractivity contribution is -0.118. The average molecular weight is 276 g/mol. The summed E-state index contributed by atoms with van der Waals surface area (Å²) in [7, 11) is 1.38. The van der Waals surface area contributed by atoms with Crippen molar-refractivity contribution in [2.45, 2.75) is 12.5 Å². The Bertz CT molecular complexity index is 568. The van der Waals surface area contributed by atoms with Crippen LogP contribution in [0.4, 0.5) is 5.69 Å². The molecule has 1 aromatic rings. The molecular weight excluding hydrogens is 260 g/mol. The number of benzene rings is 1. The second-order valence-corrected chi connectivity index (χ2v) is 4.60. The molecule has 106 valence electrons. The van der Waals surface area contributed by atoms with Gasteiger partial charge in [-0.2, -0.15) is 0 Å². The first kappa shape index (κ1) is 14.1. The Kier molecular flexibility index (Phi) is 4.05. The van der Waals surface area contributed by atoms with Crippen LogP contribution in [0.15, 0.2) is 30.4 Å². The molecule has 0 aliphatic heterocycles. The van der Waals surface area contributed by atoms with Gasteiger partial charge in [0.2, 0.25) is 5.91 Å². The van der Waals surface area contributed by atoms with Crippen molar-refractivity contribution >= 4 is 17.6 Å². The van der Waals surface area contributed by atoms with E-state index in [1.165, 1.54) is 25.3 Å². The van der Waals surface area contributed by atoms with Crippen molar-refractivity contribution in [1.29, 1.82) is 0 Å². The SMILES string of the molecule is COc1cc(NC(=O)C2C=CC(N)C2)ccc1C(=O)O. The first-order chi connectivity index (χ1) is 9.51. The molecule has 6 heteroatoms. The van der Waals surface area contributed by atoms with Crippen LogP contribution in [0.3, 0.4) is 0 Å². The highest BCUT2D eigenvalue weighted by Gasteiger charge is 2.23. The monoisotopic (exact) mass is 276 g/mol. The first-order valence-corrected chi connectivity index (χ1v) is 6.17. The summed E-state index contributed by atoms with van der Waals surface area (Å²) >= 11 is 0. The summed E-state index contributed by atoms with van der Waals surface area (Å²) in [4.78, 5) is 23.0. The maximum absolute atomic E-state index is 12.0. The van der Waals surface area contributed by atoms with Gasteiger partial charge in [0, 0.05) is 17.8 Å². The molecule has 1 aliphatic rings. The maximum atomic E-state index is 12.0. The van der Waals surface area contributed by atoms with Gasteiger partial charge in [0.1, 0.15) is 11.3 Å². The predicted octanol–water partition coefficient (Wildman–Crippen LogP) is 1.24. The number of carboxylic acids is 1. The molecule has 20 heavy (non-hydrogen) atoms. The average Bonchev–Trinajstić information content (AvgIpc) is 2.85. The van der Waals surface area contributed by atoms with Crippen molar-refractivity contribution in [3.05, 3.63) is 35.9 Å². The van der Waals surface area contributed by atoms with Gasteiger partial charge in [-0.05, 0) is 18.6 Å². The third-order valence-electron chi connectivity index (χ3n) is 3.15. The van der Waals surface area contributed by atoms with Gasteiger partial charge in [0.05, 0.1) is 13.0 Å². The zero-order valence-corrected chi connectivity index (χ0v) is 11.0. The fourth-order valence-corrected chi connectivity index (χ4v) is 2.10. The Morgan fingerprint density at radius 2 is 2.15 bits per heavy atom.